The van der Waals surface area contributed by atoms with E-state index in [0.29, 0.717) is 5.02 Å². The van der Waals surface area contributed by atoms with Crippen LogP contribution in [0.15, 0.2) is 18.2 Å². The molecule has 1 atom stereocenters. The third kappa shape index (κ3) is 1.67. The molecule has 0 fully saturated rings. The van der Waals surface area contributed by atoms with E-state index in [9.17, 15) is 0 Å². The number of para-hydroxylation sites is 1. The maximum Gasteiger partial charge on any atom is 0.121 e. The van der Waals surface area contributed by atoms with Crippen LogP contribution in [0.1, 0.15) is 10.4 Å². The average Bonchev–Trinajstić information content (AvgIpc) is 2.49. The number of benzene rings is 1. The highest BCUT2D eigenvalue weighted by molar-refractivity contribution is 7.80. The van der Waals surface area contributed by atoms with E-state index in [0.717, 1.165) is 15.2 Å². The second-order valence-corrected chi connectivity index (χ2v) is 4.61. The highest BCUT2D eigenvalue weighted by Crippen LogP contribution is 2.30. The van der Waals surface area contributed by atoms with E-state index in [1.54, 1.807) is 0 Å². The normalized spacial score (nSPS) is 13.5. The number of nitrogens with two attached hydrogens (primary N) is 1. The predicted molar refractivity (Wildman–Crippen MR) is 60.5 cm³/mol. The van der Waals surface area contributed by atoms with Crippen LogP contribution in [0, 0.1) is 0 Å². The van der Waals surface area contributed by atoms with Gasteiger partial charge in [0.15, 0.2) is 0 Å². The molecule has 1 unspecified atom stereocenters. The zero-order valence-electron chi connectivity index (χ0n) is 6.57. The van der Waals surface area contributed by atoms with Crippen LogP contribution in [0.25, 0.3) is 10.2 Å². The van der Waals surface area contributed by atoms with Crippen molar-refractivity contribution in [3.05, 3.63) is 28.2 Å². The molecule has 0 saturated heterocycles. The van der Waals surface area contributed by atoms with Gasteiger partial charge in [0.25, 0.3) is 0 Å². The van der Waals surface area contributed by atoms with Gasteiger partial charge in [0, 0.05) is 0 Å². The monoisotopic (exact) mass is 230 g/mol. The lowest BCUT2D eigenvalue weighted by molar-refractivity contribution is 1.02. The Bertz CT molecular complexity index is 439. The van der Waals surface area contributed by atoms with Gasteiger partial charge in [-0.1, -0.05) is 17.7 Å². The molecule has 0 aliphatic rings. The number of fused-ring (bicyclic) bond motifs is 1. The SMILES string of the molecule is NC(S)c1nc2c(Cl)cccc2s1. The van der Waals surface area contributed by atoms with Crippen LogP contribution in [0.2, 0.25) is 5.02 Å². The zero-order chi connectivity index (χ0) is 9.42. The Kier molecular flexibility index (Phi) is 2.47. The summed E-state index contributed by atoms with van der Waals surface area (Å²) in [4.78, 5) is 4.30. The number of halogens is 1. The largest absolute Gasteiger partial charge is 0.314 e. The molecule has 0 bridgehead atoms. The second-order valence-electron chi connectivity index (χ2n) is 2.58. The van der Waals surface area contributed by atoms with E-state index in [4.69, 9.17) is 17.3 Å². The summed E-state index contributed by atoms with van der Waals surface area (Å²) in [6.45, 7) is 0. The minimum absolute atomic E-state index is 0.325. The summed E-state index contributed by atoms with van der Waals surface area (Å²) < 4.78 is 1.05. The summed E-state index contributed by atoms with van der Waals surface area (Å²) >= 11 is 11.6. The van der Waals surface area contributed by atoms with Crippen molar-refractivity contribution >= 4 is 45.8 Å². The first-order valence-electron chi connectivity index (χ1n) is 3.67. The number of hydrogen-bond donors (Lipinski definition) is 2. The van der Waals surface area contributed by atoms with Crippen LogP contribution < -0.4 is 5.73 Å². The van der Waals surface area contributed by atoms with Gasteiger partial charge in [-0.15, -0.1) is 11.3 Å². The molecule has 2 nitrogen and oxygen atoms in total. The highest BCUT2D eigenvalue weighted by Gasteiger charge is 2.09. The Morgan fingerprint density at radius 2 is 2.31 bits per heavy atom. The van der Waals surface area contributed by atoms with E-state index in [1.807, 2.05) is 18.2 Å². The molecule has 0 spiro atoms. The van der Waals surface area contributed by atoms with E-state index < -0.39 is 0 Å². The number of rotatable bonds is 1. The third-order valence-electron chi connectivity index (χ3n) is 1.64. The van der Waals surface area contributed by atoms with E-state index >= 15 is 0 Å². The van der Waals surface area contributed by atoms with E-state index in [1.165, 1.54) is 11.3 Å². The Labute approximate surface area is 90.1 Å². The predicted octanol–water partition coefficient (Wildman–Crippen LogP) is 2.84. The van der Waals surface area contributed by atoms with Gasteiger partial charge in [-0.2, -0.15) is 12.6 Å². The molecule has 1 heterocycles. The molecule has 2 N–H and O–H groups in total. The molecule has 0 aliphatic heterocycles. The van der Waals surface area contributed by atoms with Crippen molar-refractivity contribution in [2.24, 2.45) is 5.73 Å². The smallest absolute Gasteiger partial charge is 0.121 e. The molecule has 1 aromatic heterocycles. The summed E-state index contributed by atoms with van der Waals surface area (Å²) in [7, 11) is 0. The number of thiol groups is 1. The molecule has 0 saturated carbocycles. The minimum Gasteiger partial charge on any atom is -0.314 e. The van der Waals surface area contributed by atoms with Gasteiger partial charge in [-0.05, 0) is 12.1 Å². The summed E-state index contributed by atoms with van der Waals surface area (Å²) in [5, 5.41) is 1.13. The molecule has 68 valence electrons. The number of thiazole rings is 1. The number of nitrogens with zero attached hydrogens (tertiary/aromatic N) is 1. The van der Waals surface area contributed by atoms with Crippen molar-refractivity contribution in [1.29, 1.82) is 0 Å². The van der Waals surface area contributed by atoms with E-state index in [2.05, 4.69) is 17.6 Å². The van der Waals surface area contributed by atoms with Gasteiger partial charge in [-0.25, -0.2) is 4.98 Å². The molecular weight excluding hydrogens is 224 g/mol. The van der Waals surface area contributed by atoms with Crippen LogP contribution >= 0.6 is 35.6 Å². The second kappa shape index (κ2) is 3.46. The lowest BCUT2D eigenvalue weighted by atomic mass is 10.3. The quantitative estimate of drug-likeness (QED) is 0.584. The minimum atomic E-state index is -0.325. The summed E-state index contributed by atoms with van der Waals surface area (Å²) in [6, 6.07) is 5.69. The standard InChI is InChI=1S/C8H7ClN2S2/c9-4-2-1-3-5-6(4)11-8(13-5)7(10)12/h1-3,7,12H,10H2. The first-order valence-corrected chi connectivity index (χ1v) is 5.38. The van der Waals surface area contributed by atoms with Crippen LogP contribution in [-0.2, 0) is 0 Å². The van der Waals surface area contributed by atoms with Crippen molar-refractivity contribution in [1.82, 2.24) is 4.98 Å². The Morgan fingerprint density at radius 1 is 1.54 bits per heavy atom. The maximum absolute atomic E-state index is 5.95. The molecule has 1 aromatic carbocycles. The van der Waals surface area contributed by atoms with Crippen LogP contribution in [0.5, 0.6) is 0 Å². The molecule has 2 aromatic rings. The fourth-order valence-corrected chi connectivity index (χ4v) is 2.43. The zero-order valence-corrected chi connectivity index (χ0v) is 9.03. The first kappa shape index (κ1) is 9.27. The van der Waals surface area contributed by atoms with Crippen molar-refractivity contribution in [2.75, 3.05) is 0 Å². The molecule has 0 amide bonds. The maximum atomic E-state index is 5.95. The topological polar surface area (TPSA) is 38.9 Å². The van der Waals surface area contributed by atoms with Gasteiger partial charge in [0.05, 0.1) is 9.72 Å². The Hall–Kier alpha value is -0.290. The summed E-state index contributed by atoms with van der Waals surface area (Å²) in [6.07, 6.45) is 0. The molecular formula is C8H7ClN2S2. The molecule has 13 heavy (non-hydrogen) atoms. The third-order valence-corrected chi connectivity index (χ3v) is 3.47. The first-order chi connectivity index (χ1) is 6.18. The number of hydrogen-bond acceptors (Lipinski definition) is 4. The lowest BCUT2D eigenvalue weighted by Crippen LogP contribution is -2.00. The fraction of sp³-hybridized carbons (Fsp3) is 0.125. The average molecular weight is 231 g/mol. The van der Waals surface area contributed by atoms with Crippen molar-refractivity contribution in [3.8, 4) is 0 Å². The number of aromatic nitrogens is 1. The van der Waals surface area contributed by atoms with Crippen LogP contribution in [0.3, 0.4) is 0 Å². The van der Waals surface area contributed by atoms with Crippen LogP contribution in [0.4, 0.5) is 0 Å². The molecule has 2 rings (SSSR count). The summed E-state index contributed by atoms with van der Waals surface area (Å²) in [5.74, 6) is 0. The van der Waals surface area contributed by atoms with Crippen LogP contribution in [-0.4, -0.2) is 4.98 Å². The lowest BCUT2D eigenvalue weighted by Gasteiger charge is -1.94. The van der Waals surface area contributed by atoms with Gasteiger partial charge < -0.3 is 5.73 Å². The highest BCUT2D eigenvalue weighted by atomic mass is 35.5. The van der Waals surface area contributed by atoms with E-state index in [-0.39, 0.29) is 5.37 Å². The van der Waals surface area contributed by atoms with Crippen molar-refractivity contribution in [2.45, 2.75) is 5.37 Å². The van der Waals surface area contributed by atoms with Crippen molar-refractivity contribution in [3.63, 3.8) is 0 Å². The van der Waals surface area contributed by atoms with Crippen molar-refractivity contribution < 1.29 is 0 Å². The summed E-state index contributed by atoms with van der Waals surface area (Å²) in [5.41, 5.74) is 6.41. The fourth-order valence-electron chi connectivity index (χ4n) is 1.06. The van der Waals surface area contributed by atoms with Gasteiger partial charge in [-0.3, -0.25) is 0 Å². The Morgan fingerprint density at radius 3 is 2.92 bits per heavy atom. The van der Waals surface area contributed by atoms with Gasteiger partial charge in [0.2, 0.25) is 0 Å². The molecule has 0 aliphatic carbocycles. The van der Waals surface area contributed by atoms with Gasteiger partial charge in [0.1, 0.15) is 15.9 Å². The Balaban J connectivity index is 2.68. The van der Waals surface area contributed by atoms with Gasteiger partial charge >= 0.3 is 0 Å². The molecule has 0 radical (unpaired) electrons. The molecule has 5 heteroatoms.